The number of carbonyl (C=O) groups excluding carboxylic acids is 4. The molecule has 0 heterocycles. The van der Waals surface area contributed by atoms with Crippen molar-refractivity contribution in [3.8, 4) is 5.75 Å². The van der Waals surface area contributed by atoms with Gasteiger partial charge in [0.05, 0.1) is 6.54 Å². The molecule has 4 rings (SSSR count). The van der Waals surface area contributed by atoms with Crippen LogP contribution in [0.4, 0.5) is 27.5 Å². The number of carbonyl (C=O) groups is 4. The van der Waals surface area contributed by atoms with E-state index in [4.69, 9.17) is 4.74 Å². The molecule has 2 N–H and O–H groups in total. The van der Waals surface area contributed by atoms with E-state index in [1.54, 1.807) is 56.6 Å². The summed E-state index contributed by atoms with van der Waals surface area (Å²) >= 11 is 0. The minimum atomic E-state index is -0.559. The van der Waals surface area contributed by atoms with Gasteiger partial charge in [0.2, 0.25) is 11.8 Å². The third kappa shape index (κ3) is 9.18. The van der Waals surface area contributed by atoms with Gasteiger partial charge in [-0.15, -0.1) is 0 Å². The predicted octanol–water partition coefficient (Wildman–Crippen LogP) is 5.42. The first-order valence-electron chi connectivity index (χ1n) is 15.0. The molecule has 46 heavy (non-hydrogen) atoms. The van der Waals surface area contributed by atoms with Crippen molar-refractivity contribution < 1.29 is 23.9 Å². The van der Waals surface area contributed by atoms with Crippen molar-refractivity contribution >= 4 is 46.5 Å². The molecule has 0 atom stereocenters. The van der Waals surface area contributed by atoms with Crippen LogP contribution in [0.5, 0.6) is 5.75 Å². The number of hydrogen-bond acceptors (Lipinski definition) is 5. The highest BCUT2D eigenvalue weighted by Gasteiger charge is 2.23. The maximum Gasteiger partial charge on any atom is 0.319 e. The molecule has 0 aliphatic heterocycles. The van der Waals surface area contributed by atoms with Crippen LogP contribution in [0, 0.1) is 6.92 Å². The van der Waals surface area contributed by atoms with Crippen molar-refractivity contribution in [3.05, 3.63) is 114 Å². The molecule has 0 saturated heterocycles. The highest BCUT2D eigenvalue weighted by molar-refractivity contribution is 6.05. The van der Waals surface area contributed by atoms with Gasteiger partial charge >= 0.3 is 6.03 Å². The maximum absolute atomic E-state index is 13.5. The Bertz CT molecular complexity index is 1680. The van der Waals surface area contributed by atoms with E-state index in [1.807, 2.05) is 67.6 Å². The third-order valence-electron chi connectivity index (χ3n) is 7.36. The Balaban J connectivity index is 1.48. The second kappa shape index (κ2) is 15.9. The van der Waals surface area contributed by atoms with Crippen molar-refractivity contribution in [2.45, 2.75) is 20.3 Å². The van der Waals surface area contributed by atoms with Crippen molar-refractivity contribution in [1.82, 2.24) is 5.32 Å². The zero-order chi connectivity index (χ0) is 33.1. The van der Waals surface area contributed by atoms with Gasteiger partial charge in [-0.3, -0.25) is 14.4 Å². The first kappa shape index (κ1) is 33.3. The summed E-state index contributed by atoms with van der Waals surface area (Å²) in [5, 5.41) is 5.29. The summed E-state index contributed by atoms with van der Waals surface area (Å²) in [6, 6.07) is 30.1. The van der Waals surface area contributed by atoms with Crippen molar-refractivity contribution in [1.29, 1.82) is 0 Å². The topological polar surface area (TPSA) is 111 Å². The molecule has 0 radical (unpaired) electrons. The maximum atomic E-state index is 13.5. The van der Waals surface area contributed by atoms with Crippen LogP contribution in [-0.4, -0.2) is 57.5 Å². The highest BCUT2D eigenvalue weighted by atomic mass is 16.5. The fourth-order valence-corrected chi connectivity index (χ4v) is 4.62. The first-order chi connectivity index (χ1) is 22.1. The van der Waals surface area contributed by atoms with Crippen molar-refractivity contribution in [2.75, 3.05) is 53.8 Å². The predicted molar refractivity (Wildman–Crippen MR) is 182 cm³/mol. The van der Waals surface area contributed by atoms with E-state index < -0.39 is 11.9 Å². The molecule has 10 heteroatoms. The van der Waals surface area contributed by atoms with Crippen LogP contribution < -0.4 is 30.1 Å². The first-order valence-corrected chi connectivity index (χ1v) is 15.0. The highest BCUT2D eigenvalue weighted by Crippen LogP contribution is 2.23. The average Bonchev–Trinajstić information content (AvgIpc) is 3.08. The molecule has 5 amide bonds. The van der Waals surface area contributed by atoms with Gasteiger partial charge < -0.3 is 30.1 Å². The molecular weight excluding hydrogens is 582 g/mol. The number of urea groups is 1. The van der Waals surface area contributed by atoms with Gasteiger partial charge in [-0.1, -0.05) is 55.5 Å². The van der Waals surface area contributed by atoms with Crippen LogP contribution in [0.25, 0.3) is 0 Å². The van der Waals surface area contributed by atoms with Gasteiger partial charge in [0.1, 0.15) is 12.3 Å². The van der Waals surface area contributed by atoms with Gasteiger partial charge in [-0.25, -0.2) is 4.79 Å². The smallest absolute Gasteiger partial charge is 0.319 e. The van der Waals surface area contributed by atoms with E-state index in [0.29, 0.717) is 22.8 Å². The van der Waals surface area contributed by atoms with E-state index in [-0.39, 0.29) is 31.5 Å². The standard InChI is InChI=1S/C36H39N5O5/c1-5-27-13-10-17-30(21-27)40(4)35(44)25-46-32-19-11-18-31(22-32)41(24-34(43)39(3)29-15-7-6-8-16-29)33(42)23-37-36(45)38-28-14-9-12-26(2)20-28/h6-22H,5,23-25H2,1-4H3,(H2,37,38,45). The molecule has 0 bridgehead atoms. The molecule has 0 saturated carbocycles. The largest absolute Gasteiger partial charge is 0.484 e. The Morgan fingerprint density at radius 3 is 2.11 bits per heavy atom. The fraction of sp³-hybridized carbons (Fsp3) is 0.222. The number of aryl methyl sites for hydroxylation is 2. The lowest BCUT2D eigenvalue weighted by molar-refractivity contribution is -0.121. The van der Waals surface area contributed by atoms with Crippen LogP contribution in [0.1, 0.15) is 18.1 Å². The summed E-state index contributed by atoms with van der Waals surface area (Å²) in [7, 11) is 3.32. The summed E-state index contributed by atoms with van der Waals surface area (Å²) in [4.78, 5) is 56.7. The van der Waals surface area contributed by atoms with Crippen molar-refractivity contribution in [3.63, 3.8) is 0 Å². The third-order valence-corrected chi connectivity index (χ3v) is 7.36. The number of amides is 5. The summed E-state index contributed by atoms with van der Waals surface area (Å²) in [6.45, 7) is 3.05. The number of anilines is 4. The van der Waals surface area contributed by atoms with Gasteiger partial charge in [-0.2, -0.15) is 0 Å². The van der Waals surface area contributed by atoms with Gasteiger partial charge in [0.15, 0.2) is 6.61 Å². The lowest BCUT2D eigenvalue weighted by Gasteiger charge is -2.26. The number of nitrogens with zero attached hydrogens (tertiary/aromatic N) is 3. The van der Waals surface area contributed by atoms with Gasteiger partial charge in [-0.05, 0) is 73.0 Å². The summed E-state index contributed by atoms with van der Waals surface area (Å²) in [5.74, 6) is -0.775. The summed E-state index contributed by atoms with van der Waals surface area (Å²) in [6.07, 6.45) is 0.852. The summed E-state index contributed by atoms with van der Waals surface area (Å²) < 4.78 is 5.83. The second-order valence-electron chi connectivity index (χ2n) is 10.7. The zero-order valence-corrected chi connectivity index (χ0v) is 26.5. The molecule has 0 aliphatic rings. The molecule has 0 spiro atoms. The number of rotatable bonds is 12. The number of nitrogens with one attached hydrogen (secondary N) is 2. The van der Waals surface area contributed by atoms with Gasteiger partial charge in [0.25, 0.3) is 5.91 Å². The fourth-order valence-electron chi connectivity index (χ4n) is 4.62. The van der Waals surface area contributed by atoms with E-state index in [1.165, 1.54) is 14.7 Å². The molecule has 0 unspecified atom stereocenters. The quantitative estimate of drug-likeness (QED) is 0.220. The van der Waals surface area contributed by atoms with E-state index in [2.05, 4.69) is 17.6 Å². The monoisotopic (exact) mass is 621 g/mol. The molecular formula is C36H39N5O5. The second-order valence-corrected chi connectivity index (χ2v) is 10.7. The van der Waals surface area contributed by atoms with E-state index in [9.17, 15) is 19.2 Å². The van der Waals surface area contributed by atoms with Crippen LogP contribution in [-0.2, 0) is 20.8 Å². The molecule has 0 aromatic heterocycles. The van der Waals surface area contributed by atoms with E-state index in [0.717, 1.165) is 23.2 Å². The Kier molecular flexibility index (Phi) is 11.5. The van der Waals surface area contributed by atoms with Crippen molar-refractivity contribution in [2.24, 2.45) is 0 Å². The molecule has 238 valence electrons. The molecule has 10 nitrogen and oxygen atoms in total. The lowest BCUT2D eigenvalue weighted by Crippen LogP contribution is -2.46. The number of hydrogen-bond donors (Lipinski definition) is 2. The lowest BCUT2D eigenvalue weighted by atomic mass is 10.1. The van der Waals surface area contributed by atoms with Crippen LogP contribution in [0.2, 0.25) is 0 Å². The zero-order valence-electron chi connectivity index (χ0n) is 26.5. The minimum absolute atomic E-state index is 0.236. The number of benzene rings is 4. The summed E-state index contributed by atoms with van der Waals surface area (Å²) in [5.41, 5.74) is 4.48. The van der Waals surface area contributed by atoms with Crippen LogP contribution in [0.15, 0.2) is 103 Å². The number of para-hydroxylation sites is 1. The van der Waals surface area contributed by atoms with Crippen LogP contribution in [0.3, 0.4) is 0 Å². The Labute approximate surface area is 269 Å². The average molecular weight is 622 g/mol. The number of ether oxygens (including phenoxy) is 1. The molecule has 4 aromatic carbocycles. The minimum Gasteiger partial charge on any atom is -0.484 e. The normalized spacial score (nSPS) is 10.4. The SMILES string of the molecule is CCc1cccc(N(C)C(=O)COc2cccc(N(CC(=O)N(C)c3ccccc3)C(=O)CNC(=O)Nc3cccc(C)c3)c2)c1. The number of likely N-dealkylation sites (N-methyl/N-ethyl adjacent to an activating group) is 2. The van der Waals surface area contributed by atoms with Gasteiger partial charge in [0, 0.05) is 42.9 Å². The Hall–Kier alpha value is -5.64. The molecule has 0 aliphatic carbocycles. The van der Waals surface area contributed by atoms with E-state index >= 15 is 0 Å². The molecule has 0 fully saturated rings. The molecule has 4 aromatic rings. The Morgan fingerprint density at radius 2 is 1.37 bits per heavy atom. The Morgan fingerprint density at radius 1 is 0.696 bits per heavy atom. The van der Waals surface area contributed by atoms with Crippen LogP contribution >= 0.6 is 0 Å².